The second-order valence-electron chi connectivity index (χ2n) is 9.82. The van der Waals surface area contributed by atoms with Gasteiger partial charge in [-0.2, -0.15) is 0 Å². The molecule has 0 aliphatic carbocycles. The number of allylic oxidation sites excluding steroid dienone is 2. The summed E-state index contributed by atoms with van der Waals surface area (Å²) in [4.78, 5) is 16.0. The van der Waals surface area contributed by atoms with Crippen LogP contribution in [0, 0.1) is 0 Å². The summed E-state index contributed by atoms with van der Waals surface area (Å²) >= 11 is 0. The molecule has 0 aromatic heterocycles. The van der Waals surface area contributed by atoms with Crippen molar-refractivity contribution in [2.45, 2.75) is 130 Å². The number of quaternary nitrogens is 1. The van der Waals surface area contributed by atoms with Crippen molar-refractivity contribution in [3.05, 3.63) is 12.2 Å². The molecule has 32 heavy (non-hydrogen) atoms. The normalized spacial score (nSPS) is 20.4. The molecule has 0 aromatic carbocycles. The van der Waals surface area contributed by atoms with Gasteiger partial charge < -0.3 is 5.32 Å². The van der Waals surface area contributed by atoms with Crippen molar-refractivity contribution in [1.29, 1.82) is 0 Å². The van der Waals surface area contributed by atoms with Gasteiger partial charge in [-0.3, -0.25) is 9.28 Å². The van der Waals surface area contributed by atoms with Gasteiger partial charge in [-0.15, -0.1) is 0 Å². The van der Waals surface area contributed by atoms with Gasteiger partial charge in [-0.05, 0) is 39.0 Å². The first-order valence-corrected chi connectivity index (χ1v) is 13.9. The molecule has 1 aliphatic rings. The number of unbranched alkanes of at least 4 members (excludes halogenated alkanes) is 13. The highest BCUT2D eigenvalue weighted by molar-refractivity contribution is 5.72. The Labute approximate surface area is 199 Å². The minimum Gasteiger partial charge on any atom is -0.351 e. The average Bonchev–Trinajstić information content (AvgIpc) is 3.18. The van der Waals surface area contributed by atoms with Crippen LogP contribution in [0.3, 0.4) is 0 Å². The third-order valence-corrected chi connectivity index (χ3v) is 7.14. The minimum atomic E-state index is 0.0677. The summed E-state index contributed by atoms with van der Waals surface area (Å²) in [7, 11) is 0. The topological polar surface area (TPSA) is 41.5 Å². The summed E-state index contributed by atoms with van der Waals surface area (Å²) < 4.78 is 1.02. The SMILES string of the molecule is CCCCCCCCCCC/C=C/CCCCCCC1N=CC[N+]1(CC)CCNC(C)=O. The number of hydrogen-bond donors (Lipinski definition) is 1. The minimum absolute atomic E-state index is 0.0677. The van der Waals surface area contributed by atoms with E-state index in [4.69, 9.17) is 4.99 Å². The predicted molar refractivity (Wildman–Crippen MR) is 140 cm³/mol. The maximum absolute atomic E-state index is 11.2. The van der Waals surface area contributed by atoms with Crippen molar-refractivity contribution >= 4 is 12.1 Å². The van der Waals surface area contributed by atoms with Gasteiger partial charge in [0.25, 0.3) is 0 Å². The van der Waals surface area contributed by atoms with Crippen LogP contribution >= 0.6 is 0 Å². The lowest BCUT2D eigenvalue weighted by atomic mass is 10.1. The van der Waals surface area contributed by atoms with Crippen molar-refractivity contribution in [1.82, 2.24) is 5.32 Å². The fourth-order valence-corrected chi connectivity index (χ4v) is 4.89. The number of aliphatic imine (C=N–C) groups is 1. The Kier molecular flexibility index (Phi) is 17.4. The van der Waals surface area contributed by atoms with E-state index in [2.05, 4.69) is 37.5 Å². The van der Waals surface area contributed by atoms with E-state index in [1.807, 2.05) is 0 Å². The fraction of sp³-hybridized carbons (Fsp3) is 0.857. The highest BCUT2D eigenvalue weighted by Crippen LogP contribution is 2.24. The summed E-state index contributed by atoms with van der Waals surface area (Å²) in [5.41, 5.74) is 0. The van der Waals surface area contributed by atoms with Gasteiger partial charge in [0.2, 0.25) is 5.91 Å². The number of nitrogens with zero attached hydrogens (tertiary/aromatic N) is 2. The first-order valence-electron chi connectivity index (χ1n) is 13.9. The highest BCUT2D eigenvalue weighted by Gasteiger charge is 2.37. The molecular weight excluding hydrogens is 394 g/mol. The first kappa shape index (κ1) is 28.9. The van der Waals surface area contributed by atoms with Crippen LogP contribution in [0.2, 0.25) is 0 Å². The summed E-state index contributed by atoms with van der Waals surface area (Å²) in [6, 6.07) is 0. The Morgan fingerprint density at radius 2 is 1.47 bits per heavy atom. The van der Waals surface area contributed by atoms with E-state index in [9.17, 15) is 4.79 Å². The van der Waals surface area contributed by atoms with Crippen LogP contribution in [0.15, 0.2) is 17.1 Å². The lowest BCUT2D eigenvalue weighted by Crippen LogP contribution is -2.55. The molecule has 0 saturated heterocycles. The smallest absolute Gasteiger partial charge is 0.217 e. The first-order chi connectivity index (χ1) is 15.6. The Balaban J connectivity index is 1.97. The van der Waals surface area contributed by atoms with Gasteiger partial charge in [-0.1, -0.05) is 83.3 Å². The molecule has 4 heteroatoms. The number of amides is 1. The van der Waals surface area contributed by atoms with Crippen LogP contribution in [0.25, 0.3) is 0 Å². The molecule has 2 atom stereocenters. The summed E-state index contributed by atoms with van der Waals surface area (Å²) in [6.07, 6.45) is 29.0. The molecule has 4 nitrogen and oxygen atoms in total. The Morgan fingerprint density at radius 3 is 2.03 bits per heavy atom. The quantitative estimate of drug-likeness (QED) is 0.113. The van der Waals surface area contributed by atoms with Crippen molar-refractivity contribution in [2.75, 3.05) is 26.2 Å². The molecule has 1 aliphatic heterocycles. The molecule has 1 rings (SSSR count). The number of carbonyl (C=O) groups excluding carboxylic acids is 1. The van der Waals surface area contributed by atoms with Gasteiger partial charge in [0, 0.05) is 13.3 Å². The van der Waals surface area contributed by atoms with Crippen LogP contribution in [0.1, 0.15) is 124 Å². The molecule has 1 amide bonds. The molecule has 0 spiro atoms. The van der Waals surface area contributed by atoms with Gasteiger partial charge in [0.05, 0.1) is 25.8 Å². The maximum atomic E-state index is 11.2. The zero-order valence-electron chi connectivity index (χ0n) is 21.8. The van der Waals surface area contributed by atoms with Crippen LogP contribution in [-0.2, 0) is 4.79 Å². The Morgan fingerprint density at radius 1 is 0.906 bits per heavy atom. The zero-order chi connectivity index (χ0) is 23.3. The Hall–Kier alpha value is -1.16. The highest BCUT2D eigenvalue weighted by atomic mass is 16.1. The van der Waals surface area contributed by atoms with Crippen LogP contribution < -0.4 is 5.32 Å². The molecule has 1 N–H and O–H groups in total. The van der Waals surface area contributed by atoms with Gasteiger partial charge in [0.1, 0.15) is 6.54 Å². The molecule has 0 saturated carbocycles. The summed E-state index contributed by atoms with van der Waals surface area (Å²) in [5, 5.41) is 2.96. The van der Waals surface area contributed by atoms with E-state index in [1.54, 1.807) is 6.92 Å². The van der Waals surface area contributed by atoms with E-state index >= 15 is 0 Å². The molecular formula is C28H54N3O+. The summed E-state index contributed by atoms with van der Waals surface area (Å²) in [5.74, 6) is 0.0677. The van der Waals surface area contributed by atoms with E-state index in [0.717, 1.165) is 30.7 Å². The van der Waals surface area contributed by atoms with E-state index in [1.165, 1.54) is 103 Å². The van der Waals surface area contributed by atoms with Crippen molar-refractivity contribution in [3.8, 4) is 0 Å². The maximum Gasteiger partial charge on any atom is 0.217 e. The van der Waals surface area contributed by atoms with E-state index in [-0.39, 0.29) is 5.91 Å². The van der Waals surface area contributed by atoms with Gasteiger partial charge >= 0.3 is 0 Å². The number of likely N-dealkylation sites (N-methyl/N-ethyl adjacent to an activating group) is 1. The van der Waals surface area contributed by atoms with E-state index < -0.39 is 0 Å². The molecule has 0 bridgehead atoms. The van der Waals surface area contributed by atoms with Gasteiger partial charge in [-0.25, -0.2) is 4.99 Å². The third-order valence-electron chi connectivity index (χ3n) is 7.14. The van der Waals surface area contributed by atoms with Crippen LogP contribution in [-0.4, -0.2) is 48.9 Å². The van der Waals surface area contributed by atoms with E-state index in [0.29, 0.717) is 6.17 Å². The van der Waals surface area contributed by atoms with Gasteiger partial charge in [0.15, 0.2) is 6.17 Å². The lowest BCUT2D eigenvalue weighted by molar-refractivity contribution is -0.935. The van der Waals surface area contributed by atoms with Crippen molar-refractivity contribution in [2.24, 2.45) is 4.99 Å². The second kappa shape index (κ2) is 19.3. The fourth-order valence-electron chi connectivity index (χ4n) is 4.89. The summed E-state index contributed by atoms with van der Waals surface area (Å²) in [6.45, 7) is 10.0. The number of hydrogen-bond acceptors (Lipinski definition) is 2. The molecule has 0 radical (unpaired) electrons. The Bertz CT molecular complexity index is 517. The van der Waals surface area contributed by atoms with Crippen LogP contribution in [0.5, 0.6) is 0 Å². The predicted octanol–water partition coefficient (Wildman–Crippen LogP) is 7.19. The van der Waals surface area contributed by atoms with Crippen molar-refractivity contribution in [3.63, 3.8) is 0 Å². The number of carbonyl (C=O) groups is 1. The second-order valence-corrected chi connectivity index (χ2v) is 9.82. The standard InChI is InChI=1S/C28H53N3O/c1-4-6-7-8-9-10-11-12-13-14-15-16-17-18-19-20-21-22-28-30-24-26-31(28,5-2)25-23-29-27(3)32/h15-16,24,28H,4-14,17-23,25-26H2,1-3H3/p+1/b16-15+. The van der Waals surface area contributed by atoms with Crippen LogP contribution in [0.4, 0.5) is 0 Å². The number of nitrogens with one attached hydrogen (secondary N) is 1. The monoisotopic (exact) mass is 448 g/mol. The largest absolute Gasteiger partial charge is 0.351 e. The molecule has 0 fully saturated rings. The van der Waals surface area contributed by atoms with Crippen molar-refractivity contribution < 1.29 is 9.28 Å². The molecule has 186 valence electrons. The average molecular weight is 449 g/mol. The molecule has 0 aromatic rings. The number of rotatable bonds is 21. The molecule has 1 heterocycles. The lowest BCUT2D eigenvalue weighted by Gasteiger charge is -2.38. The molecule has 2 unspecified atom stereocenters. The third kappa shape index (κ3) is 13.4. The zero-order valence-corrected chi connectivity index (χ0v) is 21.8.